The van der Waals surface area contributed by atoms with E-state index >= 15 is 0 Å². The van der Waals surface area contributed by atoms with Crippen molar-refractivity contribution >= 4 is 23.3 Å². The van der Waals surface area contributed by atoms with Gasteiger partial charge in [-0.1, -0.05) is 0 Å². The molecule has 11 heteroatoms. The zero-order chi connectivity index (χ0) is 21.1. The van der Waals surface area contributed by atoms with Gasteiger partial charge in [-0.25, -0.2) is 19.2 Å². The van der Waals surface area contributed by atoms with Crippen LogP contribution in [0.25, 0.3) is 11.5 Å². The Morgan fingerprint density at radius 2 is 1.87 bits per heavy atom. The van der Waals surface area contributed by atoms with Crippen LogP contribution >= 0.6 is 0 Å². The maximum atomic E-state index is 12.2. The maximum Gasteiger partial charge on any atom is 0.252 e. The fraction of sp³-hybridized carbons (Fsp3) is 0.211. The highest BCUT2D eigenvalue weighted by Gasteiger charge is 2.13. The summed E-state index contributed by atoms with van der Waals surface area (Å²) >= 11 is 0. The second-order valence-electron chi connectivity index (χ2n) is 6.67. The van der Waals surface area contributed by atoms with E-state index in [4.69, 9.17) is 0 Å². The molecule has 2 N–H and O–H groups in total. The van der Waals surface area contributed by atoms with E-state index in [1.54, 1.807) is 39.8 Å². The van der Waals surface area contributed by atoms with Crippen LogP contribution in [0.3, 0.4) is 0 Å². The fourth-order valence-corrected chi connectivity index (χ4v) is 2.91. The van der Waals surface area contributed by atoms with Gasteiger partial charge < -0.3 is 10.6 Å². The van der Waals surface area contributed by atoms with Crippen LogP contribution in [-0.4, -0.2) is 52.7 Å². The van der Waals surface area contributed by atoms with E-state index in [0.29, 0.717) is 17.3 Å². The van der Waals surface area contributed by atoms with Crippen molar-refractivity contribution in [1.82, 2.24) is 39.7 Å². The number of fused-ring (bicyclic) bond motifs is 1. The standard InChI is InChI=1S/C19H19N9O2/c1-12-7-13(2)28-19(23-12)25-16(26-28)8-17(29)21-9-18(30)24-14-3-5-15(6-4-14)27-11-20-10-22-27/h3-7,10-11H,8-9H2,1-2H3,(H,21,29)(H,24,30). The van der Waals surface area contributed by atoms with Gasteiger partial charge in [-0.3, -0.25) is 9.59 Å². The van der Waals surface area contributed by atoms with Crippen molar-refractivity contribution < 1.29 is 9.59 Å². The molecule has 0 saturated heterocycles. The molecule has 0 unspecified atom stereocenters. The van der Waals surface area contributed by atoms with E-state index in [-0.39, 0.29) is 24.8 Å². The van der Waals surface area contributed by atoms with Crippen molar-refractivity contribution in [3.63, 3.8) is 0 Å². The fourth-order valence-electron chi connectivity index (χ4n) is 2.91. The number of hydrogen-bond donors (Lipinski definition) is 2. The van der Waals surface area contributed by atoms with Crippen LogP contribution in [0.15, 0.2) is 43.0 Å². The van der Waals surface area contributed by atoms with Gasteiger partial charge in [-0.05, 0) is 44.2 Å². The van der Waals surface area contributed by atoms with Crippen LogP contribution in [0.5, 0.6) is 0 Å². The molecule has 0 aliphatic rings. The zero-order valence-electron chi connectivity index (χ0n) is 16.4. The number of anilines is 1. The zero-order valence-corrected chi connectivity index (χ0v) is 16.4. The van der Waals surface area contributed by atoms with E-state index in [9.17, 15) is 9.59 Å². The molecule has 4 rings (SSSR count). The van der Waals surface area contributed by atoms with E-state index in [1.807, 2.05) is 19.9 Å². The van der Waals surface area contributed by atoms with E-state index in [0.717, 1.165) is 17.1 Å². The first-order valence-corrected chi connectivity index (χ1v) is 9.19. The van der Waals surface area contributed by atoms with E-state index in [1.165, 1.54) is 6.33 Å². The lowest BCUT2D eigenvalue weighted by atomic mass is 10.3. The van der Waals surface area contributed by atoms with Crippen LogP contribution < -0.4 is 10.6 Å². The smallest absolute Gasteiger partial charge is 0.252 e. The molecule has 0 aliphatic heterocycles. The third-order valence-corrected chi connectivity index (χ3v) is 4.26. The summed E-state index contributed by atoms with van der Waals surface area (Å²) in [6, 6.07) is 8.98. The van der Waals surface area contributed by atoms with Crippen LogP contribution in [0.2, 0.25) is 0 Å². The van der Waals surface area contributed by atoms with Crippen LogP contribution in [0.1, 0.15) is 17.2 Å². The molecular weight excluding hydrogens is 386 g/mol. The summed E-state index contributed by atoms with van der Waals surface area (Å²) in [7, 11) is 0. The molecule has 0 bridgehead atoms. The van der Waals surface area contributed by atoms with Gasteiger partial charge in [-0.2, -0.15) is 10.1 Å². The predicted molar refractivity (Wildman–Crippen MR) is 107 cm³/mol. The third-order valence-electron chi connectivity index (χ3n) is 4.26. The number of nitrogens with zero attached hydrogens (tertiary/aromatic N) is 7. The minimum Gasteiger partial charge on any atom is -0.347 e. The highest BCUT2D eigenvalue weighted by atomic mass is 16.2. The first-order chi connectivity index (χ1) is 14.5. The van der Waals surface area contributed by atoms with Gasteiger partial charge >= 0.3 is 0 Å². The van der Waals surface area contributed by atoms with Crippen molar-refractivity contribution in [3.05, 3.63) is 60.2 Å². The van der Waals surface area contributed by atoms with Gasteiger partial charge in [0.05, 0.1) is 18.7 Å². The second-order valence-corrected chi connectivity index (χ2v) is 6.67. The summed E-state index contributed by atoms with van der Waals surface area (Å²) in [5, 5.41) is 13.6. The topological polar surface area (TPSA) is 132 Å². The molecule has 0 saturated carbocycles. The number of rotatable bonds is 6. The van der Waals surface area contributed by atoms with Crippen molar-refractivity contribution in [2.45, 2.75) is 20.3 Å². The summed E-state index contributed by atoms with van der Waals surface area (Å²) in [5.41, 5.74) is 3.14. The number of carbonyl (C=O) groups excluding carboxylic acids is 2. The Morgan fingerprint density at radius 1 is 1.07 bits per heavy atom. The van der Waals surface area contributed by atoms with Crippen molar-refractivity contribution in [2.24, 2.45) is 0 Å². The summed E-state index contributed by atoms with van der Waals surface area (Å²) < 4.78 is 3.20. The number of hydrogen-bond acceptors (Lipinski definition) is 7. The Balaban J connectivity index is 1.29. The molecule has 4 aromatic rings. The lowest BCUT2D eigenvalue weighted by molar-refractivity contribution is -0.123. The minimum atomic E-state index is -0.350. The molecule has 11 nitrogen and oxygen atoms in total. The molecular formula is C19H19N9O2. The monoisotopic (exact) mass is 405 g/mol. The largest absolute Gasteiger partial charge is 0.347 e. The summed E-state index contributed by atoms with van der Waals surface area (Å²) in [4.78, 5) is 36.7. The van der Waals surface area contributed by atoms with Crippen LogP contribution in [-0.2, 0) is 16.0 Å². The van der Waals surface area contributed by atoms with Gasteiger partial charge in [0.15, 0.2) is 5.82 Å². The first kappa shape index (κ1) is 19.2. The number of nitrogens with one attached hydrogen (secondary N) is 2. The van der Waals surface area contributed by atoms with Gasteiger partial charge in [0.25, 0.3) is 5.78 Å². The number of aromatic nitrogens is 7. The number of aryl methyl sites for hydroxylation is 2. The lowest BCUT2D eigenvalue weighted by Gasteiger charge is -2.07. The van der Waals surface area contributed by atoms with E-state index in [2.05, 4.69) is 35.8 Å². The minimum absolute atomic E-state index is 0.0400. The van der Waals surface area contributed by atoms with E-state index < -0.39 is 0 Å². The number of carbonyl (C=O) groups is 2. The molecule has 0 fully saturated rings. The van der Waals surface area contributed by atoms with Gasteiger partial charge in [-0.15, -0.1) is 5.10 Å². The molecule has 30 heavy (non-hydrogen) atoms. The highest BCUT2D eigenvalue weighted by Crippen LogP contribution is 2.12. The third kappa shape index (κ3) is 4.29. The Morgan fingerprint density at radius 3 is 2.60 bits per heavy atom. The average Bonchev–Trinajstić information content (AvgIpc) is 3.37. The Hall–Kier alpha value is -4.15. The summed E-state index contributed by atoms with van der Waals surface area (Å²) in [6.07, 6.45) is 2.99. The summed E-state index contributed by atoms with van der Waals surface area (Å²) in [5.74, 6) is 0.102. The average molecular weight is 405 g/mol. The number of benzene rings is 1. The molecule has 1 aromatic carbocycles. The van der Waals surface area contributed by atoms with Gasteiger partial charge in [0, 0.05) is 17.1 Å². The molecule has 152 valence electrons. The Kier molecular flexibility index (Phi) is 5.16. The summed E-state index contributed by atoms with van der Waals surface area (Å²) in [6.45, 7) is 3.60. The Bertz CT molecular complexity index is 1200. The second kappa shape index (κ2) is 8.07. The van der Waals surface area contributed by atoms with Crippen LogP contribution in [0, 0.1) is 13.8 Å². The normalized spacial score (nSPS) is 10.9. The highest BCUT2D eigenvalue weighted by molar-refractivity contribution is 5.94. The van der Waals surface area contributed by atoms with Gasteiger partial charge in [0.2, 0.25) is 11.8 Å². The number of amides is 2. The Labute approximate surface area is 171 Å². The molecule has 3 aromatic heterocycles. The SMILES string of the molecule is Cc1cc(C)n2nc(CC(=O)NCC(=O)Nc3ccc(-n4cncn4)cc3)nc2n1. The van der Waals surface area contributed by atoms with Crippen LogP contribution in [0.4, 0.5) is 5.69 Å². The molecule has 3 heterocycles. The maximum absolute atomic E-state index is 12.2. The van der Waals surface area contributed by atoms with Crippen molar-refractivity contribution in [1.29, 1.82) is 0 Å². The van der Waals surface area contributed by atoms with Crippen molar-refractivity contribution in [2.75, 3.05) is 11.9 Å². The lowest BCUT2D eigenvalue weighted by Crippen LogP contribution is -2.34. The predicted octanol–water partition coefficient (Wildman–Crippen LogP) is 0.619. The van der Waals surface area contributed by atoms with Gasteiger partial charge in [0.1, 0.15) is 12.7 Å². The molecule has 0 aliphatic carbocycles. The first-order valence-electron chi connectivity index (χ1n) is 9.19. The van der Waals surface area contributed by atoms with Crippen molar-refractivity contribution in [3.8, 4) is 5.69 Å². The molecule has 0 spiro atoms. The molecule has 0 atom stereocenters. The molecule has 0 radical (unpaired) electrons. The molecule has 2 amide bonds. The quantitative estimate of drug-likeness (QED) is 0.480.